The molecule has 0 aliphatic rings. The molecule has 9 heteroatoms. The fourth-order valence-electron chi connectivity index (χ4n) is 3.98. The van der Waals surface area contributed by atoms with Gasteiger partial charge in [-0.1, -0.05) is 50.6 Å². The molecule has 2 rings (SSSR count). The molecule has 0 aromatic heterocycles. The molecule has 0 fully saturated rings. The molecule has 2 aromatic rings. The zero-order chi connectivity index (χ0) is 27.6. The number of rotatable bonds is 14. The molecule has 0 bridgehead atoms. The lowest BCUT2D eigenvalue weighted by molar-refractivity contribution is -0.141. The number of hydrogen-bond donors (Lipinski definition) is 1. The van der Waals surface area contributed by atoms with Gasteiger partial charge in [0.2, 0.25) is 21.8 Å². The van der Waals surface area contributed by atoms with E-state index >= 15 is 0 Å². The number of sulfonamides is 1. The van der Waals surface area contributed by atoms with Gasteiger partial charge in [0.25, 0.3) is 0 Å². The van der Waals surface area contributed by atoms with Crippen molar-refractivity contribution in [1.82, 2.24) is 10.2 Å². The third kappa shape index (κ3) is 9.39. The number of methoxy groups -OCH3 is 1. The highest BCUT2D eigenvalue weighted by molar-refractivity contribution is 7.92. The summed E-state index contributed by atoms with van der Waals surface area (Å²) in [6.45, 7) is 8.82. The lowest BCUT2D eigenvalue weighted by atomic mass is 10.1. The van der Waals surface area contributed by atoms with E-state index in [-0.39, 0.29) is 37.2 Å². The van der Waals surface area contributed by atoms with Crippen molar-refractivity contribution in [2.45, 2.75) is 59.5 Å². The molecule has 0 saturated heterocycles. The van der Waals surface area contributed by atoms with Crippen molar-refractivity contribution in [3.63, 3.8) is 0 Å². The van der Waals surface area contributed by atoms with Crippen LogP contribution in [0, 0.1) is 12.8 Å². The van der Waals surface area contributed by atoms with Crippen LogP contribution in [0.25, 0.3) is 0 Å². The number of nitrogens with one attached hydrogen (secondary N) is 1. The Hall–Kier alpha value is -3.07. The third-order valence-corrected chi connectivity index (χ3v) is 7.25. The van der Waals surface area contributed by atoms with E-state index in [4.69, 9.17) is 4.74 Å². The van der Waals surface area contributed by atoms with Crippen LogP contribution in [0.5, 0.6) is 5.75 Å². The molecule has 8 nitrogen and oxygen atoms in total. The van der Waals surface area contributed by atoms with Gasteiger partial charge < -0.3 is 15.0 Å². The minimum absolute atomic E-state index is 0.113. The van der Waals surface area contributed by atoms with Crippen molar-refractivity contribution < 1.29 is 22.7 Å². The van der Waals surface area contributed by atoms with E-state index in [1.54, 1.807) is 24.1 Å². The van der Waals surface area contributed by atoms with Crippen LogP contribution < -0.4 is 14.4 Å². The van der Waals surface area contributed by atoms with Crippen LogP contribution in [0.15, 0.2) is 48.5 Å². The summed E-state index contributed by atoms with van der Waals surface area (Å²) in [5, 5.41) is 2.95. The molecule has 0 aliphatic carbocycles. The monoisotopic (exact) mass is 531 g/mol. The average Bonchev–Trinajstić information content (AvgIpc) is 2.85. The van der Waals surface area contributed by atoms with E-state index in [2.05, 4.69) is 5.32 Å². The van der Waals surface area contributed by atoms with Gasteiger partial charge in [-0.3, -0.25) is 13.9 Å². The van der Waals surface area contributed by atoms with Crippen LogP contribution in [-0.2, 0) is 26.2 Å². The predicted octanol–water partition coefficient (Wildman–Crippen LogP) is 4.13. The molecule has 0 saturated carbocycles. The quantitative estimate of drug-likeness (QED) is 0.396. The Balaban J connectivity index is 2.20. The van der Waals surface area contributed by atoms with Gasteiger partial charge in [-0.25, -0.2) is 8.42 Å². The van der Waals surface area contributed by atoms with Crippen LogP contribution in [0.4, 0.5) is 5.69 Å². The first-order chi connectivity index (χ1) is 17.5. The number of anilines is 1. The topological polar surface area (TPSA) is 96.0 Å². The molecular weight excluding hydrogens is 490 g/mol. The number of ether oxygens (including phenoxy) is 1. The summed E-state index contributed by atoms with van der Waals surface area (Å²) in [5.41, 5.74) is 2.47. The van der Waals surface area contributed by atoms with Crippen molar-refractivity contribution in [1.29, 1.82) is 0 Å². The number of aryl methyl sites for hydroxylation is 1. The standard InChI is InChI=1S/C28H41N3O5S/c1-7-26(28(33)29-19-21(2)3)30(20-23-12-16-25(36-5)17-13-23)27(32)9-8-18-31(37(6,34)35)24-14-10-22(4)11-15-24/h10-17,21,26H,7-9,18-20H2,1-6H3,(H,29,33)/t26-/m1/s1. The van der Waals surface area contributed by atoms with Crippen molar-refractivity contribution in [3.8, 4) is 5.75 Å². The third-order valence-electron chi connectivity index (χ3n) is 6.06. The first kappa shape index (κ1) is 30.2. The van der Waals surface area contributed by atoms with Gasteiger partial charge in [-0.2, -0.15) is 0 Å². The van der Waals surface area contributed by atoms with Gasteiger partial charge in [0, 0.05) is 26.1 Å². The number of hydrogen-bond acceptors (Lipinski definition) is 5. The number of carbonyl (C=O) groups excluding carboxylic acids is 2. The maximum absolute atomic E-state index is 13.5. The Morgan fingerprint density at radius 3 is 2.16 bits per heavy atom. The van der Waals surface area contributed by atoms with Crippen molar-refractivity contribution in [2.75, 3.05) is 30.8 Å². The molecule has 2 amide bonds. The molecule has 0 spiro atoms. The Morgan fingerprint density at radius 1 is 1.03 bits per heavy atom. The average molecular weight is 532 g/mol. The predicted molar refractivity (Wildman–Crippen MR) is 148 cm³/mol. The van der Waals surface area contributed by atoms with E-state index in [1.165, 1.54) is 4.31 Å². The molecule has 0 aliphatic heterocycles. The minimum Gasteiger partial charge on any atom is -0.497 e. The SMILES string of the molecule is CC[C@H](C(=O)NCC(C)C)N(Cc1ccc(OC)cc1)C(=O)CCCN(c1ccc(C)cc1)S(C)(=O)=O. The molecular formula is C28H41N3O5S. The van der Waals surface area contributed by atoms with Crippen LogP contribution in [0.2, 0.25) is 0 Å². The van der Waals surface area contributed by atoms with Gasteiger partial charge in [0.1, 0.15) is 11.8 Å². The van der Waals surface area contributed by atoms with Gasteiger partial charge in [0.15, 0.2) is 0 Å². The second-order valence-electron chi connectivity index (χ2n) is 9.71. The Morgan fingerprint density at radius 2 is 1.65 bits per heavy atom. The molecule has 0 radical (unpaired) electrons. The fraction of sp³-hybridized carbons (Fsp3) is 0.500. The highest BCUT2D eigenvalue weighted by atomic mass is 32.2. The van der Waals surface area contributed by atoms with Crippen molar-refractivity contribution in [3.05, 3.63) is 59.7 Å². The normalized spacial score (nSPS) is 12.2. The lowest BCUT2D eigenvalue weighted by Gasteiger charge is -2.31. The summed E-state index contributed by atoms with van der Waals surface area (Å²) in [6.07, 6.45) is 2.06. The van der Waals surface area contributed by atoms with E-state index in [0.29, 0.717) is 30.8 Å². The lowest BCUT2D eigenvalue weighted by Crippen LogP contribution is -2.49. The second kappa shape index (κ2) is 14.0. The molecule has 0 heterocycles. The maximum atomic E-state index is 13.5. The van der Waals surface area contributed by atoms with Crippen molar-refractivity contribution >= 4 is 27.5 Å². The number of nitrogens with zero attached hydrogens (tertiary/aromatic N) is 2. The number of carbonyl (C=O) groups is 2. The zero-order valence-corrected chi connectivity index (χ0v) is 23.7. The summed E-state index contributed by atoms with van der Waals surface area (Å²) in [7, 11) is -1.93. The van der Waals surface area contributed by atoms with E-state index in [0.717, 1.165) is 17.4 Å². The van der Waals surface area contributed by atoms with E-state index < -0.39 is 16.1 Å². The highest BCUT2D eigenvalue weighted by Gasteiger charge is 2.29. The van der Waals surface area contributed by atoms with Crippen molar-refractivity contribution in [2.24, 2.45) is 5.92 Å². The summed E-state index contributed by atoms with van der Waals surface area (Å²) < 4.78 is 31.5. The Bertz CT molecular complexity index is 1120. The summed E-state index contributed by atoms with van der Waals surface area (Å²) in [6, 6.07) is 14.0. The first-order valence-corrected chi connectivity index (χ1v) is 14.6. The number of benzene rings is 2. The largest absolute Gasteiger partial charge is 0.497 e. The Kier molecular flexibility index (Phi) is 11.4. The second-order valence-corrected chi connectivity index (χ2v) is 11.6. The smallest absolute Gasteiger partial charge is 0.242 e. The molecule has 0 unspecified atom stereocenters. The Labute approximate surface area is 222 Å². The zero-order valence-electron chi connectivity index (χ0n) is 22.9. The number of amides is 2. The van der Waals surface area contributed by atoms with Crippen LogP contribution >= 0.6 is 0 Å². The molecule has 1 N–H and O–H groups in total. The van der Waals surface area contributed by atoms with Gasteiger partial charge in [0.05, 0.1) is 19.1 Å². The van der Waals surface area contributed by atoms with E-state index in [1.807, 2.05) is 64.1 Å². The summed E-state index contributed by atoms with van der Waals surface area (Å²) >= 11 is 0. The summed E-state index contributed by atoms with van der Waals surface area (Å²) in [4.78, 5) is 28.1. The first-order valence-electron chi connectivity index (χ1n) is 12.7. The van der Waals surface area contributed by atoms with Crippen LogP contribution in [0.1, 0.15) is 51.2 Å². The highest BCUT2D eigenvalue weighted by Crippen LogP contribution is 2.21. The minimum atomic E-state index is -3.52. The molecule has 37 heavy (non-hydrogen) atoms. The van der Waals surface area contributed by atoms with Crippen LogP contribution in [-0.4, -0.2) is 57.6 Å². The van der Waals surface area contributed by atoms with Gasteiger partial charge >= 0.3 is 0 Å². The fourth-order valence-corrected chi connectivity index (χ4v) is 4.95. The molecule has 1 atom stereocenters. The van der Waals surface area contributed by atoms with Gasteiger partial charge in [-0.05, 0) is 55.5 Å². The van der Waals surface area contributed by atoms with E-state index in [9.17, 15) is 18.0 Å². The maximum Gasteiger partial charge on any atom is 0.242 e. The van der Waals surface area contributed by atoms with Crippen LogP contribution in [0.3, 0.4) is 0 Å². The summed E-state index contributed by atoms with van der Waals surface area (Å²) in [5.74, 6) is 0.617. The molecule has 2 aromatic carbocycles. The molecule has 204 valence electrons. The van der Waals surface area contributed by atoms with Gasteiger partial charge in [-0.15, -0.1) is 0 Å².